The van der Waals surface area contributed by atoms with Crippen LogP contribution >= 0.6 is 11.3 Å². The number of hydrogen-bond donors (Lipinski definition) is 2. The molecule has 0 radical (unpaired) electrons. The highest BCUT2D eigenvalue weighted by Crippen LogP contribution is 2.39. The van der Waals surface area contributed by atoms with Gasteiger partial charge in [0.1, 0.15) is 10.8 Å². The minimum absolute atomic E-state index is 0.0876. The summed E-state index contributed by atoms with van der Waals surface area (Å²) in [6.07, 6.45) is 2.53. The molecule has 6 nitrogen and oxygen atoms in total. The van der Waals surface area contributed by atoms with Crippen molar-refractivity contribution in [3.05, 3.63) is 46.3 Å². The maximum Gasteiger partial charge on any atom is 0.251 e. The zero-order valence-electron chi connectivity index (χ0n) is 14.3. The van der Waals surface area contributed by atoms with Gasteiger partial charge < -0.3 is 11.1 Å². The van der Waals surface area contributed by atoms with E-state index in [0.29, 0.717) is 16.5 Å². The second-order valence-electron chi connectivity index (χ2n) is 6.54. The largest absolute Gasteiger partial charge is 0.365 e. The SMILES string of the molecule is C[C@@H]1CCc2c(sc(NC(=O)CS(=O)(=O)c3ccccc3)c2C(N)=O)C1. The predicted molar refractivity (Wildman–Crippen MR) is 101 cm³/mol. The Bertz CT molecular complexity index is 949. The van der Waals surface area contributed by atoms with Gasteiger partial charge in [0.15, 0.2) is 9.84 Å². The molecule has 1 aliphatic rings. The highest BCUT2D eigenvalue weighted by atomic mass is 32.2. The van der Waals surface area contributed by atoms with Crippen molar-refractivity contribution < 1.29 is 18.0 Å². The van der Waals surface area contributed by atoms with Crippen molar-refractivity contribution in [1.82, 2.24) is 0 Å². The Morgan fingerprint density at radius 1 is 1.27 bits per heavy atom. The van der Waals surface area contributed by atoms with Gasteiger partial charge in [-0.05, 0) is 42.9 Å². The van der Waals surface area contributed by atoms with Crippen LogP contribution in [0, 0.1) is 5.92 Å². The van der Waals surface area contributed by atoms with Crippen LogP contribution in [-0.4, -0.2) is 26.0 Å². The van der Waals surface area contributed by atoms with Gasteiger partial charge in [0, 0.05) is 4.88 Å². The number of sulfone groups is 1. The first-order valence-corrected chi connectivity index (χ1v) is 10.8. The number of anilines is 1. The van der Waals surface area contributed by atoms with Crippen molar-refractivity contribution in [3.8, 4) is 0 Å². The second kappa shape index (κ2) is 7.20. The van der Waals surface area contributed by atoms with Crippen LogP contribution in [0.15, 0.2) is 35.2 Å². The Labute approximate surface area is 156 Å². The third-order valence-electron chi connectivity index (χ3n) is 4.43. The lowest BCUT2D eigenvalue weighted by Gasteiger charge is -2.18. The smallest absolute Gasteiger partial charge is 0.251 e. The first-order chi connectivity index (χ1) is 12.3. The van der Waals surface area contributed by atoms with Crippen molar-refractivity contribution in [2.45, 2.75) is 31.1 Å². The fourth-order valence-corrected chi connectivity index (χ4v) is 5.73. The number of hydrogen-bond acceptors (Lipinski definition) is 5. The summed E-state index contributed by atoms with van der Waals surface area (Å²) >= 11 is 1.32. The number of benzene rings is 1. The molecule has 138 valence electrons. The fourth-order valence-electron chi connectivity index (χ4n) is 3.15. The topological polar surface area (TPSA) is 106 Å². The maximum atomic E-state index is 12.3. The average molecular weight is 393 g/mol. The van der Waals surface area contributed by atoms with Crippen LogP contribution in [0.2, 0.25) is 0 Å². The lowest BCUT2D eigenvalue weighted by atomic mass is 9.88. The summed E-state index contributed by atoms with van der Waals surface area (Å²) in [5.74, 6) is -1.46. The third kappa shape index (κ3) is 3.81. The Hall–Kier alpha value is -2.19. The maximum absolute atomic E-state index is 12.3. The lowest BCUT2D eigenvalue weighted by Crippen LogP contribution is -2.24. The molecule has 2 aromatic rings. The van der Waals surface area contributed by atoms with Crippen molar-refractivity contribution in [1.29, 1.82) is 0 Å². The number of nitrogens with one attached hydrogen (secondary N) is 1. The molecule has 0 saturated carbocycles. The molecule has 0 unspecified atom stereocenters. The summed E-state index contributed by atoms with van der Waals surface area (Å²) in [6.45, 7) is 2.14. The number of amides is 2. The van der Waals surface area contributed by atoms with Gasteiger partial charge in [-0.3, -0.25) is 9.59 Å². The summed E-state index contributed by atoms with van der Waals surface area (Å²) in [7, 11) is -3.75. The molecule has 1 atom stereocenters. The molecule has 1 aromatic carbocycles. The van der Waals surface area contributed by atoms with Crippen molar-refractivity contribution in [3.63, 3.8) is 0 Å². The van der Waals surface area contributed by atoms with Crippen molar-refractivity contribution in [2.75, 3.05) is 11.1 Å². The van der Waals surface area contributed by atoms with Crippen molar-refractivity contribution >= 4 is 38.0 Å². The van der Waals surface area contributed by atoms with E-state index in [-0.39, 0.29) is 4.90 Å². The molecule has 1 aromatic heterocycles. The van der Waals surface area contributed by atoms with Gasteiger partial charge >= 0.3 is 0 Å². The van der Waals surface area contributed by atoms with E-state index in [1.54, 1.807) is 18.2 Å². The zero-order valence-corrected chi connectivity index (χ0v) is 16.0. The minimum atomic E-state index is -3.75. The molecule has 2 amide bonds. The Morgan fingerprint density at radius 3 is 2.62 bits per heavy atom. The molecule has 0 bridgehead atoms. The number of rotatable bonds is 5. The van der Waals surface area contributed by atoms with E-state index >= 15 is 0 Å². The summed E-state index contributed by atoms with van der Waals surface area (Å²) in [4.78, 5) is 25.3. The van der Waals surface area contributed by atoms with Crippen LogP contribution in [-0.2, 0) is 27.5 Å². The van der Waals surface area contributed by atoms with Gasteiger partial charge in [0.2, 0.25) is 5.91 Å². The summed E-state index contributed by atoms with van der Waals surface area (Å²) in [6, 6.07) is 7.80. The Kier molecular flexibility index (Phi) is 5.15. The van der Waals surface area contributed by atoms with Gasteiger partial charge in [-0.1, -0.05) is 25.1 Å². The van der Waals surface area contributed by atoms with E-state index in [1.165, 1.54) is 23.5 Å². The molecule has 3 rings (SSSR count). The molecule has 0 saturated heterocycles. The Balaban J connectivity index is 1.83. The predicted octanol–water partition coefficient (Wildman–Crippen LogP) is 2.38. The van der Waals surface area contributed by atoms with E-state index in [1.807, 2.05) is 0 Å². The third-order valence-corrected chi connectivity index (χ3v) is 7.24. The number of carbonyl (C=O) groups is 2. The highest BCUT2D eigenvalue weighted by Gasteiger charge is 2.28. The van der Waals surface area contributed by atoms with E-state index < -0.39 is 27.4 Å². The van der Waals surface area contributed by atoms with Crippen LogP contribution in [0.25, 0.3) is 0 Å². The molecule has 0 fully saturated rings. The van der Waals surface area contributed by atoms with E-state index in [4.69, 9.17) is 5.73 Å². The molecule has 8 heteroatoms. The van der Waals surface area contributed by atoms with Gasteiger partial charge in [-0.2, -0.15) is 0 Å². The number of nitrogens with two attached hydrogens (primary N) is 1. The highest BCUT2D eigenvalue weighted by molar-refractivity contribution is 7.92. The number of carbonyl (C=O) groups excluding carboxylic acids is 2. The molecule has 26 heavy (non-hydrogen) atoms. The molecule has 3 N–H and O–H groups in total. The molecule has 1 heterocycles. The van der Waals surface area contributed by atoms with Gasteiger partial charge in [0.05, 0.1) is 10.5 Å². The monoisotopic (exact) mass is 392 g/mol. The summed E-state index contributed by atoms with van der Waals surface area (Å²) in [5.41, 5.74) is 6.72. The number of primary amides is 1. The molecular formula is C18H20N2O4S2. The molecule has 0 aliphatic heterocycles. The zero-order chi connectivity index (χ0) is 18.9. The van der Waals surface area contributed by atoms with Gasteiger partial charge in [-0.15, -0.1) is 11.3 Å². The minimum Gasteiger partial charge on any atom is -0.365 e. The van der Waals surface area contributed by atoms with Crippen LogP contribution in [0.1, 0.15) is 34.1 Å². The van der Waals surface area contributed by atoms with Gasteiger partial charge in [0.25, 0.3) is 5.91 Å². The summed E-state index contributed by atoms with van der Waals surface area (Å²) in [5, 5.41) is 2.94. The standard InChI is InChI=1S/C18H20N2O4S2/c1-11-7-8-13-14(9-11)25-18(16(13)17(19)22)20-15(21)10-26(23,24)12-5-3-2-4-6-12/h2-6,11H,7-10H2,1H3,(H2,19,22)(H,20,21)/t11-/m1/s1. The Morgan fingerprint density at radius 2 is 1.96 bits per heavy atom. The summed E-state index contributed by atoms with van der Waals surface area (Å²) < 4.78 is 24.7. The van der Waals surface area contributed by atoms with Gasteiger partial charge in [-0.25, -0.2) is 8.42 Å². The molecular weight excluding hydrogens is 372 g/mol. The van der Waals surface area contributed by atoms with Crippen LogP contribution in [0.5, 0.6) is 0 Å². The number of thiophene rings is 1. The first kappa shape index (κ1) is 18.6. The molecule has 0 spiro atoms. The van der Waals surface area contributed by atoms with E-state index in [0.717, 1.165) is 29.7 Å². The number of fused-ring (bicyclic) bond motifs is 1. The van der Waals surface area contributed by atoms with Crippen molar-refractivity contribution in [2.24, 2.45) is 11.7 Å². The second-order valence-corrected chi connectivity index (χ2v) is 9.64. The average Bonchev–Trinajstić information content (AvgIpc) is 2.91. The molecule has 1 aliphatic carbocycles. The van der Waals surface area contributed by atoms with E-state index in [2.05, 4.69) is 12.2 Å². The van der Waals surface area contributed by atoms with Crippen LogP contribution in [0.4, 0.5) is 5.00 Å². The lowest BCUT2D eigenvalue weighted by molar-refractivity contribution is -0.113. The fraction of sp³-hybridized carbons (Fsp3) is 0.333. The van der Waals surface area contributed by atoms with Crippen LogP contribution in [0.3, 0.4) is 0 Å². The van der Waals surface area contributed by atoms with Crippen LogP contribution < -0.4 is 11.1 Å². The quantitative estimate of drug-likeness (QED) is 0.815. The normalized spacial score (nSPS) is 16.7. The first-order valence-electron chi connectivity index (χ1n) is 8.30. The van der Waals surface area contributed by atoms with E-state index in [9.17, 15) is 18.0 Å².